The molecule has 132 valence electrons. The lowest BCUT2D eigenvalue weighted by Gasteiger charge is -2.18. The maximum absolute atomic E-state index is 12.0. The normalized spacial score (nSPS) is 15.4. The third-order valence-corrected chi connectivity index (χ3v) is 4.66. The van der Waals surface area contributed by atoms with Gasteiger partial charge in [-0.15, -0.1) is 0 Å². The Balaban J connectivity index is 1.77. The average molecular weight is 331 g/mol. The summed E-state index contributed by atoms with van der Waals surface area (Å²) in [5.41, 5.74) is 1.88. The van der Waals surface area contributed by atoms with E-state index in [-0.39, 0.29) is 18.0 Å². The molecule has 1 aliphatic heterocycles. The molecule has 1 aliphatic rings. The fourth-order valence-corrected chi connectivity index (χ4v) is 2.67. The van der Waals surface area contributed by atoms with E-state index in [1.807, 2.05) is 36.1 Å². The van der Waals surface area contributed by atoms with Crippen molar-refractivity contribution in [2.45, 2.75) is 52.5 Å². The van der Waals surface area contributed by atoms with Crippen molar-refractivity contribution in [3.8, 4) is 0 Å². The summed E-state index contributed by atoms with van der Waals surface area (Å²) in [5, 5.41) is 5.75. The largest absolute Gasteiger partial charge is 0.343 e. The minimum Gasteiger partial charge on any atom is -0.343 e. The second-order valence-electron chi connectivity index (χ2n) is 6.92. The second kappa shape index (κ2) is 8.71. The van der Waals surface area contributed by atoms with E-state index < -0.39 is 0 Å². The maximum Gasteiger partial charge on any atom is 0.319 e. The lowest BCUT2D eigenvalue weighted by Crippen LogP contribution is -2.38. The zero-order valence-corrected chi connectivity index (χ0v) is 15.0. The summed E-state index contributed by atoms with van der Waals surface area (Å²) in [7, 11) is 0. The molecule has 1 aromatic carbocycles. The number of anilines is 1. The van der Waals surface area contributed by atoms with E-state index in [4.69, 9.17) is 0 Å². The molecule has 0 radical (unpaired) electrons. The highest BCUT2D eigenvalue weighted by Crippen LogP contribution is 2.14. The highest BCUT2D eigenvalue weighted by molar-refractivity contribution is 5.89. The fourth-order valence-electron chi connectivity index (χ4n) is 2.67. The summed E-state index contributed by atoms with van der Waals surface area (Å²) in [6.07, 6.45) is 3.55. The van der Waals surface area contributed by atoms with Crippen LogP contribution in [0.5, 0.6) is 0 Å². The zero-order chi connectivity index (χ0) is 17.5. The van der Waals surface area contributed by atoms with E-state index in [1.54, 1.807) is 0 Å². The molecule has 1 heterocycles. The third-order valence-electron chi connectivity index (χ3n) is 4.66. The highest BCUT2D eigenvalue weighted by Gasteiger charge is 2.17. The van der Waals surface area contributed by atoms with Crippen LogP contribution in [0.3, 0.4) is 0 Å². The van der Waals surface area contributed by atoms with Gasteiger partial charge in [0.15, 0.2) is 0 Å². The molecule has 2 rings (SSSR count). The molecule has 5 nitrogen and oxygen atoms in total. The Hall–Kier alpha value is -2.04. The van der Waals surface area contributed by atoms with Gasteiger partial charge in [0.1, 0.15) is 0 Å². The van der Waals surface area contributed by atoms with Crippen molar-refractivity contribution in [3.63, 3.8) is 0 Å². The number of urea groups is 1. The van der Waals surface area contributed by atoms with Crippen LogP contribution in [0.2, 0.25) is 0 Å². The topological polar surface area (TPSA) is 61.4 Å². The number of hydrogen-bond donors (Lipinski definition) is 2. The van der Waals surface area contributed by atoms with Crippen LogP contribution in [0.15, 0.2) is 24.3 Å². The van der Waals surface area contributed by atoms with E-state index >= 15 is 0 Å². The molecule has 24 heavy (non-hydrogen) atoms. The van der Waals surface area contributed by atoms with E-state index in [1.165, 1.54) is 0 Å². The van der Waals surface area contributed by atoms with Crippen molar-refractivity contribution in [2.24, 2.45) is 5.92 Å². The standard InChI is InChI=1S/C19H29N3O2/c1-14(2)15(3)20-19(24)21-17-9-6-16(7-10-17)8-11-18(23)22-12-4-5-13-22/h6-7,9-10,14-15H,4-5,8,11-13H2,1-3H3,(H2,20,21,24). The lowest BCUT2D eigenvalue weighted by molar-refractivity contribution is -0.130. The number of rotatable bonds is 6. The molecule has 3 amide bonds. The predicted octanol–water partition coefficient (Wildman–Crippen LogP) is 3.41. The van der Waals surface area contributed by atoms with Crippen LogP contribution in [0.4, 0.5) is 10.5 Å². The Kier molecular flexibility index (Phi) is 6.64. The van der Waals surface area contributed by atoms with Gasteiger partial charge in [-0.2, -0.15) is 0 Å². The minimum absolute atomic E-state index is 0.126. The number of aryl methyl sites for hydroxylation is 1. The molecular formula is C19H29N3O2. The first-order chi connectivity index (χ1) is 11.5. The van der Waals surface area contributed by atoms with Crippen molar-refractivity contribution in [1.29, 1.82) is 0 Å². The predicted molar refractivity (Wildman–Crippen MR) is 97.0 cm³/mol. The quantitative estimate of drug-likeness (QED) is 0.839. The van der Waals surface area contributed by atoms with Gasteiger partial charge in [0.2, 0.25) is 5.91 Å². The fraction of sp³-hybridized carbons (Fsp3) is 0.579. The molecule has 0 aliphatic carbocycles. The first-order valence-electron chi connectivity index (χ1n) is 8.90. The maximum atomic E-state index is 12.0. The van der Waals surface area contributed by atoms with Gasteiger partial charge in [-0.1, -0.05) is 26.0 Å². The Morgan fingerprint density at radius 1 is 1.08 bits per heavy atom. The Morgan fingerprint density at radius 2 is 1.71 bits per heavy atom. The van der Waals surface area contributed by atoms with Crippen LogP contribution in [0, 0.1) is 5.92 Å². The number of benzene rings is 1. The van der Waals surface area contributed by atoms with Crippen molar-refractivity contribution >= 4 is 17.6 Å². The average Bonchev–Trinajstić information content (AvgIpc) is 3.08. The van der Waals surface area contributed by atoms with Gasteiger partial charge in [0.25, 0.3) is 0 Å². The summed E-state index contributed by atoms with van der Waals surface area (Å²) in [4.78, 5) is 25.9. The third kappa shape index (κ3) is 5.55. The van der Waals surface area contributed by atoms with Crippen molar-refractivity contribution in [2.75, 3.05) is 18.4 Å². The molecule has 1 fully saturated rings. The SMILES string of the molecule is CC(C)C(C)NC(=O)Nc1ccc(CCC(=O)N2CCCC2)cc1. The van der Waals surface area contributed by atoms with Crippen LogP contribution < -0.4 is 10.6 Å². The van der Waals surface area contributed by atoms with Crippen molar-refractivity contribution in [3.05, 3.63) is 29.8 Å². The van der Waals surface area contributed by atoms with Gasteiger partial charge in [-0.25, -0.2) is 4.79 Å². The highest BCUT2D eigenvalue weighted by atomic mass is 16.2. The van der Waals surface area contributed by atoms with E-state index in [9.17, 15) is 9.59 Å². The number of carbonyl (C=O) groups is 2. The summed E-state index contributed by atoms with van der Waals surface area (Å²) in [5.74, 6) is 0.642. The van der Waals surface area contributed by atoms with Gasteiger partial charge in [0, 0.05) is 31.2 Å². The van der Waals surface area contributed by atoms with Gasteiger partial charge in [-0.05, 0) is 49.8 Å². The zero-order valence-electron chi connectivity index (χ0n) is 15.0. The van der Waals surface area contributed by atoms with Gasteiger partial charge >= 0.3 is 6.03 Å². The molecular weight excluding hydrogens is 302 g/mol. The van der Waals surface area contributed by atoms with Gasteiger partial charge in [0.05, 0.1) is 0 Å². The number of amides is 3. The number of hydrogen-bond acceptors (Lipinski definition) is 2. The molecule has 0 bridgehead atoms. The molecule has 0 aromatic heterocycles. The Labute approximate surface area is 144 Å². The number of nitrogens with one attached hydrogen (secondary N) is 2. The second-order valence-corrected chi connectivity index (χ2v) is 6.92. The minimum atomic E-state index is -0.187. The summed E-state index contributed by atoms with van der Waals surface area (Å²) in [6.45, 7) is 7.95. The van der Waals surface area contributed by atoms with E-state index in [0.29, 0.717) is 12.3 Å². The lowest BCUT2D eigenvalue weighted by atomic mass is 10.1. The summed E-state index contributed by atoms with van der Waals surface area (Å²) >= 11 is 0. The van der Waals surface area contributed by atoms with Crippen LogP contribution in [-0.2, 0) is 11.2 Å². The number of carbonyl (C=O) groups excluding carboxylic acids is 2. The molecule has 0 saturated carbocycles. The van der Waals surface area contributed by atoms with E-state index in [2.05, 4.69) is 24.5 Å². The Morgan fingerprint density at radius 3 is 2.29 bits per heavy atom. The molecule has 0 spiro atoms. The van der Waals surface area contributed by atoms with Crippen molar-refractivity contribution in [1.82, 2.24) is 10.2 Å². The van der Waals surface area contributed by atoms with Crippen LogP contribution in [0.25, 0.3) is 0 Å². The molecule has 1 saturated heterocycles. The van der Waals surface area contributed by atoms with Crippen LogP contribution in [-0.4, -0.2) is 36.0 Å². The summed E-state index contributed by atoms with van der Waals surface area (Å²) in [6, 6.07) is 7.65. The molecule has 1 aromatic rings. The summed E-state index contributed by atoms with van der Waals surface area (Å²) < 4.78 is 0. The molecule has 1 atom stereocenters. The molecule has 1 unspecified atom stereocenters. The number of nitrogens with zero attached hydrogens (tertiary/aromatic N) is 1. The van der Waals surface area contributed by atoms with Gasteiger partial charge in [-0.3, -0.25) is 4.79 Å². The monoisotopic (exact) mass is 331 g/mol. The smallest absolute Gasteiger partial charge is 0.319 e. The first-order valence-corrected chi connectivity index (χ1v) is 8.90. The Bertz CT molecular complexity index is 548. The van der Waals surface area contributed by atoms with Crippen LogP contribution in [0.1, 0.15) is 45.6 Å². The van der Waals surface area contributed by atoms with Crippen molar-refractivity contribution < 1.29 is 9.59 Å². The number of likely N-dealkylation sites (tertiary alicyclic amines) is 1. The molecule has 5 heteroatoms. The first kappa shape index (κ1) is 18.3. The van der Waals surface area contributed by atoms with Crippen LogP contribution >= 0.6 is 0 Å². The van der Waals surface area contributed by atoms with E-state index in [0.717, 1.165) is 43.6 Å². The van der Waals surface area contributed by atoms with Gasteiger partial charge < -0.3 is 15.5 Å². The molecule has 2 N–H and O–H groups in total.